The van der Waals surface area contributed by atoms with E-state index in [4.69, 9.17) is 4.42 Å². The van der Waals surface area contributed by atoms with Crippen molar-refractivity contribution < 1.29 is 28.4 Å². The van der Waals surface area contributed by atoms with Crippen molar-refractivity contribution in [2.24, 2.45) is 0 Å². The molecule has 0 radical (unpaired) electrons. The Morgan fingerprint density at radius 1 is 1.17 bits per heavy atom. The first-order valence-corrected chi connectivity index (χ1v) is 8.14. The normalized spacial score (nSPS) is 13.3. The van der Waals surface area contributed by atoms with Crippen molar-refractivity contribution in [2.75, 3.05) is 0 Å². The molecule has 1 atom stereocenters. The number of aryl methyl sites for hydroxylation is 2. The molecule has 0 saturated heterocycles. The minimum absolute atomic E-state index is 0. The van der Waals surface area contributed by atoms with Gasteiger partial charge in [0.1, 0.15) is 5.75 Å². The molecule has 23 heavy (non-hydrogen) atoms. The summed E-state index contributed by atoms with van der Waals surface area (Å²) in [5.74, 6) is 2.63. The molecule has 120 valence electrons. The molecule has 0 aliphatic rings. The Bertz CT molecular complexity index is 596. The third kappa shape index (κ3) is 3.65. The molecular formula is C20H27LiO2. The summed E-state index contributed by atoms with van der Waals surface area (Å²) in [6.07, 6.45) is 4.92. The van der Waals surface area contributed by atoms with E-state index in [9.17, 15) is 5.11 Å². The average molecular weight is 306 g/mol. The number of aromatic hydroxyl groups is 1. The molecule has 1 aromatic carbocycles. The SMILES string of the molecule is CCCC(CC)(c1cc(C)c(O)c(C)c1)[C-](C)c1ccco1.[Li+]. The Hall–Kier alpha value is -1.23. The zero-order chi connectivity index (χ0) is 16.3. The van der Waals surface area contributed by atoms with Gasteiger partial charge in [-0.15, -0.1) is 13.0 Å². The van der Waals surface area contributed by atoms with Gasteiger partial charge in [0, 0.05) is 0 Å². The molecule has 0 bridgehead atoms. The van der Waals surface area contributed by atoms with E-state index in [0.29, 0.717) is 5.75 Å². The van der Waals surface area contributed by atoms with Crippen LogP contribution >= 0.6 is 0 Å². The quantitative estimate of drug-likeness (QED) is 0.657. The first-order chi connectivity index (χ1) is 10.5. The third-order valence-electron chi connectivity index (χ3n) is 4.93. The summed E-state index contributed by atoms with van der Waals surface area (Å²) in [5, 5.41) is 10.1. The number of rotatable bonds is 6. The van der Waals surface area contributed by atoms with Crippen LogP contribution in [0.1, 0.15) is 62.5 Å². The van der Waals surface area contributed by atoms with Crippen LogP contribution in [0.15, 0.2) is 34.9 Å². The monoisotopic (exact) mass is 306 g/mol. The van der Waals surface area contributed by atoms with Gasteiger partial charge < -0.3 is 9.52 Å². The fourth-order valence-corrected chi connectivity index (χ4v) is 3.58. The van der Waals surface area contributed by atoms with Crippen molar-refractivity contribution in [3.63, 3.8) is 0 Å². The Kier molecular flexibility index (Phi) is 6.93. The summed E-state index contributed by atoms with van der Waals surface area (Å²) in [5.41, 5.74) is 3.11. The van der Waals surface area contributed by atoms with Crippen LogP contribution in [0, 0.1) is 19.8 Å². The fourth-order valence-electron chi connectivity index (χ4n) is 3.58. The molecule has 1 unspecified atom stereocenters. The second kappa shape index (κ2) is 8.04. The van der Waals surface area contributed by atoms with Crippen LogP contribution in [0.2, 0.25) is 0 Å². The van der Waals surface area contributed by atoms with Crippen LogP contribution < -0.4 is 18.9 Å². The summed E-state index contributed by atoms with van der Waals surface area (Å²) >= 11 is 0. The van der Waals surface area contributed by atoms with Gasteiger partial charge in [0.05, 0.1) is 6.26 Å². The van der Waals surface area contributed by atoms with E-state index in [1.54, 1.807) is 6.26 Å². The smallest absolute Gasteiger partial charge is 0.507 e. The second-order valence-corrected chi connectivity index (χ2v) is 6.25. The average Bonchev–Trinajstić information content (AvgIpc) is 3.03. The van der Waals surface area contributed by atoms with Gasteiger partial charge in [-0.1, -0.05) is 50.8 Å². The largest absolute Gasteiger partial charge is 1.00 e. The van der Waals surface area contributed by atoms with Gasteiger partial charge in [-0.2, -0.15) is 12.0 Å². The van der Waals surface area contributed by atoms with Gasteiger partial charge in [-0.3, -0.25) is 0 Å². The summed E-state index contributed by atoms with van der Waals surface area (Å²) < 4.78 is 5.67. The summed E-state index contributed by atoms with van der Waals surface area (Å²) in [6.45, 7) is 10.6. The minimum Gasteiger partial charge on any atom is -0.507 e. The molecule has 0 amide bonds. The van der Waals surface area contributed by atoms with Gasteiger partial charge >= 0.3 is 18.9 Å². The molecule has 0 aliphatic heterocycles. The van der Waals surface area contributed by atoms with Gasteiger partial charge in [0.25, 0.3) is 0 Å². The molecule has 2 nitrogen and oxygen atoms in total. The van der Waals surface area contributed by atoms with E-state index in [1.165, 1.54) is 11.5 Å². The third-order valence-corrected chi connectivity index (χ3v) is 4.93. The van der Waals surface area contributed by atoms with Gasteiger partial charge in [0.2, 0.25) is 0 Å². The van der Waals surface area contributed by atoms with Gasteiger partial charge in [-0.25, -0.2) is 0 Å². The van der Waals surface area contributed by atoms with E-state index >= 15 is 0 Å². The Labute approximate surface area is 152 Å². The molecule has 1 heterocycles. The molecule has 0 saturated carbocycles. The van der Waals surface area contributed by atoms with E-state index in [2.05, 4.69) is 32.9 Å². The molecule has 2 aromatic rings. The summed E-state index contributed by atoms with van der Waals surface area (Å²) in [7, 11) is 0. The number of hydrogen-bond donors (Lipinski definition) is 1. The first kappa shape index (κ1) is 19.8. The molecule has 0 aliphatic carbocycles. The molecule has 1 N–H and O–H groups in total. The number of furan rings is 1. The zero-order valence-corrected chi connectivity index (χ0v) is 15.4. The summed E-state index contributed by atoms with van der Waals surface area (Å²) in [4.78, 5) is 0. The Morgan fingerprint density at radius 3 is 2.22 bits per heavy atom. The summed E-state index contributed by atoms with van der Waals surface area (Å²) in [6, 6.07) is 8.25. The van der Waals surface area contributed by atoms with Crippen molar-refractivity contribution in [1.29, 1.82) is 0 Å². The minimum atomic E-state index is -0.0458. The topological polar surface area (TPSA) is 33.4 Å². The van der Waals surface area contributed by atoms with Crippen molar-refractivity contribution in [3.8, 4) is 5.75 Å². The van der Waals surface area contributed by atoms with Crippen molar-refractivity contribution >= 4 is 0 Å². The van der Waals surface area contributed by atoms with Crippen LogP contribution in [0.3, 0.4) is 0 Å². The van der Waals surface area contributed by atoms with E-state index in [0.717, 1.165) is 36.1 Å². The molecule has 0 fully saturated rings. The van der Waals surface area contributed by atoms with Gasteiger partial charge in [0.15, 0.2) is 0 Å². The van der Waals surface area contributed by atoms with Gasteiger partial charge in [-0.05, 0) is 36.1 Å². The van der Waals surface area contributed by atoms with Crippen LogP contribution in [-0.2, 0) is 5.41 Å². The van der Waals surface area contributed by atoms with Crippen LogP contribution in [0.25, 0.3) is 0 Å². The molecule has 3 heteroatoms. The van der Waals surface area contributed by atoms with Crippen molar-refractivity contribution in [3.05, 3.63) is 58.9 Å². The number of hydrogen-bond acceptors (Lipinski definition) is 2. The predicted octanol–water partition coefficient (Wildman–Crippen LogP) is 2.70. The second-order valence-electron chi connectivity index (χ2n) is 6.25. The van der Waals surface area contributed by atoms with Crippen molar-refractivity contribution in [1.82, 2.24) is 0 Å². The number of benzene rings is 1. The maximum absolute atomic E-state index is 10.1. The van der Waals surface area contributed by atoms with Crippen LogP contribution in [-0.4, -0.2) is 5.11 Å². The van der Waals surface area contributed by atoms with Crippen LogP contribution in [0.5, 0.6) is 5.75 Å². The maximum atomic E-state index is 10.1. The molecular weight excluding hydrogens is 279 g/mol. The number of phenolic OH excluding ortho intramolecular Hbond substituents is 1. The van der Waals surface area contributed by atoms with E-state index < -0.39 is 0 Å². The molecule has 1 aromatic heterocycles. The standard InChI is InChI=1S/C20H27O2.Li/c1-6-10-20(7-2,16(5)18-9-8-11-22-18)17-12-14(3)19(21)15(4)13-17;/h8-9,11-13,21H,6-7,10H2,1-5H3;/q-1;+1. The Morgan fingerprint density at radius 2 is 1.78 bits per heavy atom. The van der Waals surface area contributed by atoms with Crippen LogP contribution in [0.4, 0.5) is 0 Å². The fraction of sp³-hybridized carbons (Fsp3) is 0.450. The van der Waals surface area contributed by atoms with Crippen molar-refractivity contribution in [2.45, 2.75) is 59.3 Å². The molecule has 2 rings (SSSR count). The van der Waals surface area contributed by atoms with E-state index in [-0.39, 0.29) is 24.3 Å². The Balaban J connectivity index is 0.00000264. The maximum Gasteiger partial charge on any atom is 1.00 e. The number of phenols is 1. The predicted molar refractivity (Wildman–Crippen MR) is 91.2 cm³/mol. The van der Waals surface area contributed by atoms with E-state index in [1.807, 2.05) is 26.0 Å². The zero-order valence-electron chi connectivity index (χ0n) is 15.4. The first-order valence-electron chi connectivity index (χ1n) is 8.14. The molecule has 0 spiro atoms.